The highest BCUT2D eigenvalue weighted by Crippen LogP contribution is 2.11. The summed E-state index contributed by atoms with van der Waals surface area (Å²) in [5, 5.41) is 8.73. The Morgan fingerprint density at radius 3 is 2.50 bits per heavy atom. The number of halogens is 2. The Labute approximate surface area is 116 Å². The first-order chi connectivity index (χ1) is 9.43. The minimum atomic E-state index is -1.07. The van der Waals surface area contributed by atoms with Gasteiger partial charge in [0.25, 0.3) is 0 Å². The van der Waals surface area contributed by atoms with E-state index in [-0.39, 0.29) is 25.3 Å². The third-order valence-electron chi connectivity index (χ3n) is 2.78. The third-order valence-corrected chi connectivity index (χ3v) is 2.78. The Morgan fingerprint density at radius 2 is 1.95 bits per heavy atom. The number of aliphatic carboxylic acids is 1. The molecule has 0 bridgehead atoms. The number of rotatable bonds is 7. The number of carbonyl (C=O) groups excluding carboxylic acids is 1. The Morgan fingerprint density at radius 1 is 1.25 bits per heavy atom. The average molecular weight is 285 g/mol. The molecule has 0 fully saturated rings. The number of hydrogen-bond acceptors (Lipinski definition) is 2. The van der Waals surface area contributed by atoms with Crippen molar-refractivity contribution in [3.63, 3.8) is 0 Å². The van der Waals surface area contributed by atoms with Gasteiger partial charge in [0.15, 0.2) is 11.6 Å². The lowest BCUT2D eigenvalue weighted by Gasteiger charge is -2.19. The van der Waals surface area contributed by atoms with Crippen LogP contribution in [0, 0.1) is 11.6 Å². The van der Waals surface area contributed by atoms with Crippen molar-refractivity contribution in [2.75, 3.05) is 13.1 Å². The van der Waals surface area contributed by atoms with E-state index in [9.17, 15) is 18.4 Å². The maximum absolute atomic E-state index is 13.0. The SMILES string of the molecule is CCCN(CC(=O)O)C(=O)CCc1ccc(F)c(F)c1. The van der Waals surface area contributed by atoms with Gasteiger partial charge in [-0.2, -0.15) is 0 Å². The van der Waals surface area contributed by atoms with Crippen molar-refractivity contribution in [3.05, 3.63) is 35.4 Å². The van der Waals surface area contributed by atoms with E-state index in [1.807, 2.05) is 6.92 Å². The lowest BCUT2D eigenvalue weighted by Crippen LogP contribution is -2.36. The van der Waals surface area contributed by atoms with Crippen LogP contribution in [0.15, 0.2) is 18.2 Å². The normalized spacial score (nSPS) is 10.3. The lowest BCUT2D eigenvalue weighted by molar-refractivity contribution is -0.144. The maximum atomic E-state index is 13.0. The largest absolute Gasteiger partial charge is 0.480 e. The number of amides is 1. The van der Waals surface area contributed by atoms with Crippen molar-refractivity contribution < 1.29 is 23.5 Å². The summed E-state index contributed by atoms with van der Waals surface area (Å²) in [6, 6.07) is 3.47. The molecule has 20 heavy (non-hydrogen) atoms. The van der Waals surface area contributed by atoms with Gasteiger partial charge in [0.1, 0.15) is 6.54 Å². The average Bonchev–Trinajstić information content (AvgIpc) is 2.39. The van der Waals surface area contributed by atoms with Crippen LogP contribution in [0.2, 0.25) is 0 Å². The minimum absolute atomic E-state index is 0.0678. The van der Waals surface area contributed by atoms with E-state index in [1.165, 1.54) is 11.0 Å². The summed E-state index contributed by atoms with van der Waals surface area (Å²) in [5.41, 5.74) is 0.504. The molecule has 0 radical (unpaired) electrons. The van der Waals surface area contributed by atoms with E-state index >= 15 is 0 Å². The molecule has 0 saturated heterocycles. The Balaban J connectivity index is 2.59. The smallest absolute Gasteiger partial charge is 0.323 e. The van der Waals surface area contributed by atoms with Crippen molar-refractivity contribution in [2.24, 2.45) is 0 Å². The van der Waals surface area contributed by atoms with Gasteiger partial charge in [-0.25, -0.2) is 8.78 Å². The fourth-order valence-corrected chi connectivity index (χ4v) is 1.83. The zero-order valence-corrected chi connectivity index (χ0v) is 11.2. The number of carboxylic acid groups (broad SMARTS) is 1. The molecule has 1 aromatic carbocycles. The Kier molecular flexibility index (Phi) is 6.09. The van der Waals surface area contributed by atoms with Gasteiger partial charge in [-0.15, -0.1) is 0 Å². The first-order valence-electron chi connectivity index (χ1n) is 6.37. The zero-order chi connectivity index (χ0) is 15.1. The molecular weight excluding hydrogens is 268 g/mol. The summed E-state index contributed by atoms with van der Waals surface area (Å²) in [5.74, 6) is -3.26. The highest BCUT2D eigenvalue weighted by Gasteiger charge is 2.15. The van der Waals surface area contributed by atoms with Crippen LogP contribution in [0.1, 0.15) is 25.3 Å². The Hall–Kier alpha value is -1.98. The minimum Gasteiger partial charge on any atom is -0.480 e. The van der Waals surface area contributed by atoms with Gasteiger partial charge >= 0.3 is 5.97 Å². The number of carbonyl (C=O) groups is 2. The lowest BCUT2D eigenvalue weighted by atomic mass is 10.1. The number of carboxylic acids is 1. The number of hydrogen-bond donors (Lipinski definition) is 1. The van der Waals surface area contributed by atoms with Crippen molar-refractivity contribution in [3.8, 4) is 0 Å². The molecule has 0 aliphatic rings. The summed E-state index contributed by atoms with van der Waals surface area (Å²) in [6.45, 7) is 1.87. The van der Waals surface area contributed by atoms with Gasteiger partial charge < -0.3 is 10.0 Å². The fourth-order valence-electron chi connectivity index (χ4n) is 1.83. The fraction of sp³-hybridized carbons (Fsp3) is 0.429. The highest BCUT2D eigenvalue weighted by molar-refractivity contribution is 5.81. The molecule has 1 rings (SSSR count). The quantitative estimate of drug-likeness (QED) is 0.835. The summed E-state index contributed by atoms with van der Waals surface area (Å²) in [4.78, 5) is 23.8. The predicted octanol–water partition coefficient (Wildman–Crippen LogP) is 2.22. The van der Waals surface area contributed by atoms with Crippen LogP contribution in [-0.2, 0) is 16.0 Å². The zero-order valence-electron chi connectivity index (χ0n) is 11.2. The molecular formula is C14H17F2NO3. The summed E-state index contributed by atoms with van der Waals surface area (Å²) >= 11 is 0. The van der Waals surface area contributed by atoms with Crippen molar-refractivity contribution in [2.45, 2.75) is 26.2 Å². The second-order valence-electron chi connectivity index (χ2n) is 4.46. The Bertz CT molecular complexity index is 491. The molecule has 0 atom stereocenters. The van der Waals surface area contributed by atoms with E-state index in [1.54, 1.807) is 0 Å². The van der Waals surface area contributed by atoms with Crippen LogP contribution < -0.4 is 0 Å². The third kappa shape index (κ3) is 4.95. The monoisotopic (exact) mass is 285 g/mol. The molecule has 110 valence electrons. The van der Waals surface area contributed by atoms with Crippen LogP contribution in [0.4, 0.5) is 8.78 Å². The first kappa shape index (κ1) is 16.1. The number of aryl methyl sites for hydroxylation is 1. The van der Waals surface area contributed by atoms with Gasteiger partial charge in [0.2, 0.25) is 5.91 Å². The van der Waals surface area contributed by atoms with Crippen LogP contribution in [0.25, 0.3) is 0 Å². The highest BCUT2D eigenvalue weighted by atomic mass is 19.2. The van der Waals surface area contributed by atoms with E-state index in [2.05, 4.69) is 0 Å². The van der Waals surface area contributed by atoms with E-state index in [4.69, 9.17) is 5.11 Å². The molecule has 1 N–H and O–H groups in total. The molecule has 0 unspecified atom stereocenters. The van der Waals surface area contributed by atoms with Crippen LogP contribution in [0.5, 0.6) is 0 Å². The summed E-state index contributed by atoms with van der Waals surface area (Å²) < 4.78 is 25.8. The van der Waals surface area contributed by atoms with Gasteiger partial charge in [0, 0.05) is 13.0 Å². The maximum Gasteiger partial charge on any atom is 0.323 e. The molecule has 0 aliphatic heterocycles. The number of nitrogens with zero attached hydrogens (tertiary/aromatic N) is 1. The summed E-state index contributed by atoms with van der Waals surface area (Å²) in [7, 11) is 0. The first-order valence-corrected chi connectivity index (χ1v) is 6.37. The molecule has 0 aliphatic carbocycles. The van der Waals surface area contributed by atoms with Gasteiger partial charge in [0.05, 0.1) is 0 Å². The predicted molar refractivity (Wildman–Crippen MR) is 69.2 cm³/mol. The van der Waals surface area contributed by atoms with Crippen LogP contribution in [0.3, 0.4) is 0 Å². The standard InChI is InChI=1S/C14H17F2NO3/c1-2-7-17(9-14(19)20)13(18)6-4-10-3-5-11(15)12(16)8-10/h3,5,8H,2,4,6-7,9H2,1H3,(H,19,20). The van der Waals surface area contributed by atoms with Gasteiger partial charge in [-0.1, -0.05) is 13.0 Å². The molecule has 1 aromatic rings. The topological polar surface area (TPSA) is 57.6 Å². The van der Waals surface area contributed by atoms with Crippen molar-refractivity contribution in [1.82, 2.24) is 4.90 Å². The molecule has 0 saturated carbocycles. The van der Waals surface area contributed by atoms with Crippen LogP contribution >= 0.6 is 0 Å². The van der Waals surface area contributed by atoms with E-state index in [0.29, 0.717) is 18.5 Å². The molecule has 0 aromatic heterocycles. The second-order valence-corrected chi connectivity index (χ2v) is 4.46. The van der Waals surface area contributed by atoms with Crippen molar-refractivity contribution in [1.29, 1.82) is 0 Å². The molecule has 4 nitrogen and oxygen atoms in total. The molecule has 6 heteroatoms. The van der Waals surface area contributed by atoms with Crippen LogP contribution in [-0.4, -0.2) is 35.0 Å². The van der Waals surface area contributed by atoms with E-state index in [0.717, 1.165) is 12.1 Å². The molecule has 1 amide bonds. The molecule has 0 heterocycles. The number of benzene rings is 1. The summed E-state index contributed by atoms with van der Waals surface area (Å²) in [6.07, 6.45) is 0.971. The molecule has 0 spiro atoms. The van der Waals surface area contributed by atoms with E-state index < -0.39 is 17.6 Å². The second kappa shape index (κ2) is 7.57. The van der Waals surface area contributed by atoms with Crippen molar-refractivity contribution >= 4 is 11.9 Å². The van der Waals surface area contributed by atoms with Gasteiger partial charge in [-0.05, 0) is 30.5 Å². The van der Waals surface area contributed by atoms with Gasteiger partial charge in [-0.3, -0.25) is 9.59 Å².